The predicted octanol–water partition coefficient (Wildman–Crippen LogP) is 2.17. The van der Waals surface area contributed by atoms with E-state index >= 15 is 0 Å². The monoisotopic (exact) mass is 251 g/mol. The first-order valence-corrected chi connectivity index (χ1v) is 7.00. The minimum absolute atomic E-state index is 0.111. The molecule has 5 heteroatoms. The molecule has 5 nitrogen and oxygen atoms in total. The van der Waals surface area contributed by atoms with Crippen LogP contribution < -0.4 is 5.32 Å². The van der Waals surface area contributed by atoms with Crippen LogP contribution in [-0.4, -0.2) is 29.4 Å². The standard InChI is InChI=1S/C13H21N3O2/c1-9(14-11-6-7-17-8-11)13-15-12(16-18-13)10-4-2-3-5-10/h9-11,14H,2-8H2,1H3/t9-,11+/m1/s1. The van der Waals surface area contributed by atoms with Gasteiger partial charge in [0.2, 0.25) is 5.89 Å². The number of rotatable bonds is 4. The van der Waals surface area contributed by atoms with Gasteiger partial charge in [-0.05, 0) is 26.2 Å². The second-order valence-electron chi connectivity index (χ2n) is 5.42. The van der Waals surface area contributed by atoms with Crippen LogP contribution in [-0.2, 0) is 4.74 Å². The summed E-state index contributed by atoms with van der Waals surface area (Å²) in [6, 6.07) is 0.529. The molecule has 1 aliphatic carbocycles. The maximum absolute atomic E-state index is 5.38. The highest BCUT2D eigenvalue weighted by Gasteiger charge is 2.25. The molecule has 3 rings (SSSR count). The lowest BCUT2D eigenvalue weighted by atomic mass is 10.1. The van der Waals surface area contributed by atoms with E-state index in [0.29, 0.717) is 17.9 Å². The zero-order valence-corrected chi connectivity index (χ0v) is 10.9. The lowest BCUT2D eigenvalue weighted by Gasteiger charge is -2.14. The van der Waals surface area contributed by atoms with Gasteiger partial charge in [0.15, 0.2) is 5.82 Å². The number of nitrogens with one attached hydrogen (secondary N) is 1. The molecule has 1 saturated heterocycles. The van der Waals surface area contributed by atoms with E-state index in [2.05, 4.69) is 22.4 Å². The molecule has 1 saturated carbocycles. The van der Waals surface area contributed by atoms with Crippen molar-refractivity contribution in [3.8, 4) is 0 Å². The smallest absolute Gasteiger partial charge is 0.243 e. The van der Waals surface area contributed by atoms with Crippen molar-refractivity contribution in [2.45, 2.75) is 57.0 Å². The second kappa shape index (κ2) is 5.36. The van der Waals surface area contributed by atoms with Gasteiger partial charge in [0.05, 0.1) is 12.6 Å². The molecule has 1 aliphatic heterocycles. The topological polar surface area (TPSA) is 60.2 Å². The van der Waals surface area contributed by atoms with Gasteiger partial charge in [-0.1, -0.05) is 18.0 Å². The number of ether oxygens (including phenoxy) is 1. The Kier molecular flexibility index (Phi) is 3.61. The van der Waals surface area contributed by atoms with Crippen molar-refractivity contribution in [3.05, 3.63) is 11.7 Å². The number of hydrogen-bond donors (Lipinski definition) is 1. The van der Waals surface area contributed by atoms with Gasteiger partial charge in [0.25, 0.3) is 0 Å². The maximum atomic E-state index is 5.38. The Morgan fingerprint density at radius 1 is 1.28 bits per heavy atom. The summed E-state index contributed by atoms with van der Waals surface area (Å²) in [5.74, 6) is 2.13. The first kappa shape index (κ1) is 12.1. The van der Waals surface area contributed by atoms with E-state index in [1.807, 2.05) is 0 Å². The van der Waals surface area contributed by atoms with Crippen LogP contribution in [0, 0.1) is 0 Å². The molecule has 2 heterocycles. The van der Waals surface area contributed by atoms with Crippen molar-refractivity contribution in [3.63, 3.8) is 0 Å². The third-order valence-electron chi connectivity index (χ3n) is 3.96. The highest BCUT2D eigenvalue weighted by Crippen LogP contribution is 2.32. The van der Waals surface area contributed by atoms with Gasteiger partial charge in [-0.15, -0.1) is 0 Å². The summed E-state index contributed by atoms with van der Waals surface area (Å²) in [6.45, 7) is 3.71. The third-order valence-corrected chi connectivity index (χ3v) is 3.96. The van der Waals surface area contributed by atoms with Gasteiger partial charge in [0, 0.05) is 18.6 Å². The van der Waals surface area contributed by atoms with Gasteiger partial charge < -0.3 is 14.6 Å². The van der Waals surface area contributed by atoms with Crippen molar-refractivity contribution in [2.24, 2.45) is 0 Å². The molecule has 100 valence electrons. The second-order valence-corrected chi connectivity index (χ2v) is 5.42. The molecule has 0 radical (unpaired) electrons. The molecule has 2 fully saturated rings. The molecule has 0 aromatic carbocycles. The van der Waals surface area contributed by atoms with Crippen LogP contribution in [0.4, 0.5) is 0 Å². The number of hydrogen-bond acceptors (Lipinski definition) is 5. The minimum Gasteiger partial charge on any atom is -0.380 e. The fourth-order valence-electron chi connectivity index (χ4n) is 2.86. The van der Waals surface area contributed by atoms with Gasteiger partial charge in [-0.25, -0.2) is 0 Å². The van der Waals surface area contributed by atoms with Crippen molar-refractivity contribution < 1.29 is 9.26 Å². The summed E-state index contributed by atoms with van der Waals surface area (Å²) in [5, 5.41) is 7.61. The van der Waals surface area contributed by atoms with Gasteiger partial charge >= 0.3 is 0 Å². The summed E-state index contributed by atoms with van der Waals surface area (Å²) < 4.78 is 10.7. The molecular formula is C13H21N3O2. The highest BCUT2D eigenvalue weighted by molar-refractivity contribution is 5.00. The summed E-state index contributed by atoms with van der Waals surface area (Å²) in [5.41, 5.74) is 0. The van der Waals surface area contributed by atoms with E-state index in [-0.39, 0.29) is 6.04 Å². The van der Waals surface area contributed by atoms with Crippen molar-refractivity contribution >= 4 is 0 Å². The average molecular weight is 251 g/mol. The molecule has 0 bridgehead atoms. The largest absolute Gasteiger partial charge is 0.380 e. The summed E-state index contributed by atoms with van der Waals surface area (Å²) in [4.78, 5) is 4.55. The number of nitrogens with zero attached hydrogens (tertiary/aromatic N) is 2. The lowest BCUT2D eigenvalue weighted by molar-refractivity contribution is 0.187. The van der Waals surface area contributed by atoms with E-state index in [9.17, 15) is 0 Å². The molecule has 2 atom stereocenters. The Labute approximate surface area is 107 Å². The van der Waals surface area contributed by atoms with E-state index in [4.69, 9.17) is 9.26 Å². The zero-order valence-electron chi connectivity index (χ0n) is 10.9. The maximum Gasteiger partial charge on any atom is 0.243 e. The SMILES string of the molecule is C[C@@H](N[C@H]1CCOC1)c1nc(C2CCCC2)no1. The predicted molar refractivity (Wildman–Crippen MR) is 66.3 cm³/mol. The molecule has 1 aromatic heterocycles. The Hall–Kier alpha value is -0.940. The van der Waals surface area contributed by atoms with Crippen LogP contribution in [0.5, 0.6) is 0 Å². The van der Waals surface area contributed by atoms with E-state index in [1.54, 1.807) is 0 Å². The molecule has 1 N–H and O–H groups in total. The first-order chi connectivity index (χ1) is 8.83. The Morgan fingerprint density at radius 3 is 2.83 bits per heavy atom. The molecule has 0 unspecified atom stereocenters. The Balaban J connectivity index is 1.60. The zero-order chi connectivity index (χ0) is 12.4. The van der Waals surface area contributed by atoms with E-state index < -0.39 is 0 Å². The average Bonchev–Trinajstić information content (AvgIpc) is 3.11. The van der Waals surface area contributed by atoms with Crippen LogP contribution >= 0.6 is 0 Å². The van der Waals surface area contributed by atoms with Gasteiger partial charge in [0.1, 0.15) is 0 Å². The first-order valence-electron chi connectivity index (χ1n) is 7.00. The third kappa shape index (κ3) is 2.57. The van der Waals surface area contributed by atoms with Crippen molar-refractivity contribution in [1.29, 1.82) is 0 Å². The Bertz CT molecular complexity index is 381. The Morgan fingerprint density at radius 2 is 2.11 bits per heavy atom. The summed E-state index contributed by atoms with van der Waals surface area (Å²) in [7, 11) is 0. The molecule has 1 aromatic rings. The van der Waals surface area contributed by atoms with Crippen molar-refractivity contribution in [1.82, 2.24) is 15.5 Å². The van der Waals surface area contributed by atoms with E-state index in [0.717, 1.165) is 25.5 Å². The normalized spacial score (nSPS) is 26.8. The molecule has 2 aliphatic rings. The molecule has 0 spiro atoms. The summed E-state index contributed by atoms with van der Waals surface area (Å²) in [6.07, 6.45) is 6.06. The molecular weight excluding hydrogens is 230 g/mol. The highest BCUT2D eigenvalue weighted by atomic mass is 16.5. The molecule has 0 amide bonds. The van der Waals surface area contributed by atoms with Crippen molar-refractivity contribution in [2.75, 3.05) is 13.2 Å². The quantitative estimate of drug-likeness (QED) is 0.888. The van der Waals surface area contributed by atoms with E-state index in [1.165, 1.54) is 25.7 Å². The van der Waals surface area contributed by atoms with Crippen LogP contribution in [0.1, 0.15) is 62.7 Å². The van der Waals surface area contributed by atoms with Crippen LogP contribution in [0.3, 0.4) is 0 Å². The van der Waals surface area contributed by atoms with Gasteiger partial charge in [-0.2, -0.15) is 4.98 Å². The fourth-order valence-corrected chi connectivity index (χ4v) is 2.86. The van der Waals surface area contributed by atoms with Crippen LogP contribution in [0.2, 0.25) is 0 Å². The molecule has 18 heavy (non-hydrogen) atoms. The van der Waals surface area contributed by atoms with Gasteiger partial charge in [-0.3, -0.25) is 0 Å². The lowest BCUT2D eigenvalue weighted by Crippen LogP contribution is -2.31. The fraction of sp³-hybridized carbons (Fsp3) is 0.846. The number of aromatic nitrogens is 2. The van der Waals surface area contributed by atoms with Crippen LogP contribution in [0.25, 0.3) is 0 Å². The summed E-state index contributed by atoms with van der Waals surface area (Å²) >= 11 is 0. The minimum atomic E-state index is 0.111. The van der Waals surface area contributed by atoms with Crippen LogP contribution in [0.15, 0.2) is 4.52 Å².